The molecule has 1 heteroatoms. The van der Waals surface area contributed by atoms with Gasteiger partial charge in [-0.25, -0.2) is 0 Å². The van der Waals surface area contributed by atoms with Crippen molar-refractivity contribution in [3.05, 3.63) is 0 Å². The van der Waals surface area contributed by atoms with E-state index in [1.807, 2.05) is 20.8 Å². The molecule has 0 atom stereocenters. The molecule has 7 heavy (non-hydrogen) atoms. The van der Waals surface area contributed by atoms with Crippen molar-refractivity contribution in [3.8, 4) is 0 Å². The van der Waals surface area contributed by atoms with Crippen molar-refractivity contribution in [1.82, 2.24) is 0 Å². The maximum absolute atomic E-state index is 11.0. The Bertz CT molecular complexity index is 11.7. The Balaban J connectivity index is 0. The van der Waals surface area contributed by atoms with Crippen LogP contribution in [0.4, 0.5) is 4.39 Å². The first-order chi connectivity index (χ1) is 3.41. The van der Waals surface area contributed by atoms with Crippen LogP contribution in [0.5, 0.6) is 0 Å². The van der Waals surface area contributed by atoms with Crippen molar-refractivity contribution >= 4 is 0 Å². The van der Waals surface area contributed by atoms with Gasteiger partial charge < -0.3 is 0 Å². The molecule has 0 aromatic carbocycles. The Morgan fingerprint density at radius 2 is 1.71 bits per heavy atom. The van der Waals surface area contributed by atoms with Gasteiger partial charge in [-0.2, -0.15) is 0 Å². The molecule has 0 fully saturated rings. The van der Waals surface area contributed by atoms with E-state index >= 15 is 0 Å². The van der Waals surface area contributed by atoms with Crippen LogP contribution in [0, 0.1) is 0 Å². The average Bonchev–Trinajstić information content (AvgIpc) is 1.75. The average molecular weight is 106 g/mol. The lowest BCUT2D eigenvalue weighted by Crippen LogP contribution is -1.67. The van der Waals surface area contributed by atoms with Gasteiger partial charge in [-0.3, -0.25) is 4.39 Å². The van der Waals surface area contributed by atoms with Crippen LogP contribution >= 0.6 is 0 Å². The molecule has 0 aliphatic carbocycles. The highest BCUT2D eigenvalue weighted by atomic mass is 19.1. The minimum Gasteiger partial charge on any atom is -0.251 e. The molecule has 0 nitrogen and oxygen atoms in total. The number of halogens is 1. The number of hydrogen-bond donors (Lipinski definition) is 0. The molecular weight excluding hydrogens is 91.1 g/mol. The first-order valence-corrected chi connectivity index (χ1v) is 2.97. The highest BCUT2D eigenvalue weighted by Crippen LogP contribution is 1.83. The smallest absolute Gasteiger partial charge is 0.0894 e. The summed E-state index contributed by atoms with van der Waals surface area (Å²) in [6.07, 6.45) is 1.69. The second-order valence-corrected chi connectivity index (χ2v) is 1.04. The summed E-state index contributed by atoms with van der Waals surface area (Å²) in [5.41, 5.74) is 0. The number of hydrogen-bond acceptors (Lipinski definition) is 0. The molecule has 0 aliphatic heterocycles. The number of alkyl halides is 1. The largest absolute Gasteiger partial charge is 0.251 e. The summed E-state index contributed by atoms with van der Waals surface area (Å²) in [5, 5.41) is 0. The Kier molecular flexibility index (Phi) is 24.0. The predicted molar refractivity (Wildman–Crippen MR) is 32.2 cm³/mol. The fraction of sp³-hybridized carbons (Fsp3) is 1.00. The second-order valence-electron chi connectivity index (χ2n) is 1.04. The predicted octanol–water partition coefficient (Wildman–Crippen LogP) is 2.78. The third-order valence-electron chi connectivity index (χ3n) is 0.487. The molecular formula is C6H15F. The van der Waals surface area contributed by atoms with Gasteiger partial charge in [-0.05, 0) is 6.42 Å². The molecule has 0 bridgehead atoms. The lowest BCUT2D eigenvalue weighted by molar-refractivity contribution is 0.469. The van der Waals surface area contributed by atoms with E-state index in [2.05, 4.69) is 0 Å². The van der Waals surface area contributed by atoms with Crippen LogP contribution in [0.2, 0.25) is 0 Å². The Hall–Kier alpha value is -0.0700. The zero-order valence-corrected chi connectivity index (χ0v) is 5.50. The van der Waals surface area contributed by atoms with Gasteiger partial charge in [0, 0.05) is 0 Å². The third-order valence-corrected chi connectivity index (χ3v) is 0.487. The molecule has 46 valence electrons. The van der Waals surface area contributed by atoms with E-state index < -0.39 is 0 Å². The van der Waals surface area contributed by atoms with Crippen molar-refractivity contribution in [1.29, 1.82) is 0 Å². The molecule has 0 saturated heterocycles. The first-order valence-electron chi connectivity index (χ1n) is 2.97. The zero-order chi connectivity index (χ0) is 6.12. The summed E-state index contributed by atoms with van der Waals surface area (Å²) < 4.78 is 11.0. The van der Waals surface area contributed by atoms with Crippen LogP contribution in [0.15, 0.2) is 0 Å². The molecule has 0 radical (unpaired) electrons. The fourth-order valence-corrected chi connectivity index (χ4v) is 0.134. The van der Waals surface area contributed by atoms with Crippen molar-refractivity contribution in [3.63, 3.8) is 0 Å². The topological polar surface area (TPSA) is 0 Å². The second kappa shape index (κ2) is 16.8. The van der Waals surface area contributed by atoms with Gasteiger partial charge in [0.1, 0.15) is 0 Å². The number of unbranched alkanes of at least 4 members (excludes halogenated alkanes) is 1. The van der Waals surface area contributed by atoms with Crippen LogP contribution in [0.1, 0.15) is 33.6 Å². The summed E-state index contributed by atoms with van der Waals surface area (Å²) in [6, 6.07) is 0. The molecule has 0 unspecified atom stereocenters. The third kappa shape index (κ3) is 24.6. The normalized spacial score (nSPS) is 6.86. The standard InChI is InChI=1S/C4H9F.C2H6/c1-2-3-4-5;1-2/h2-4H2,1H3;1-2H3. The molecule has 0 amide bonds. The summed E-state index contributed by atoms with van der Waals surface area (Å²) in [5.74, 6) is 0. The number of rotatable bonds is 2. The highest BCUT2D eigenvalue weighted by molar-refractivity contribution is 4.23. The highest BCUT2D eigenvalue weighted by Gasteiger charge is 1.71. The van der Waals surface area contributed by atoms with Crippen molar-refractivity contribution in [2.45, 2.75) is 33.6 Å². The minimum absolute atomic E-state index is 0.156. The van der Waals surface area contributed by atoms with Crippen LogP contribution < -0.4 is 0 Å². The van der Waals surface area contributed by atoms with Crippen LogP contribution in [-0.4, -0.2) is 6.67 Å². The van der Waals surface area contributed by atoms with E-state index in [0.717, 1.165) is 12.8 Å². The van der Waals surface area contributed by atoms with E-state index in [9.17, 15) is 4.39 Å². The fourth-order valence-electron chi connectivity index (χ4n) is 0.134. The van der Waals surface area contributed by atoms with Crippen molar-refractivity contribution < 1.29 is 4.39 Å². The Morgan fingerprint density at radius 3 is 1.71 bits per heavy atom. The van der Waals surface area contributed by atoms with E-state index in [1.165, 1.54) is 0 Å². The molecule has 0 rings (SSSR count). The molecule has 0 N–H and O–H groups in total. The SMILES string of the molecule is CC.CCCCF. The summed E-state index contributed by atoms with van der Waals surface area (Å²) >= 11 is 0. The van der Waals surface area contributed by atoms with Crippen LogP contribution in [0.25, 0.3) is 0 Å². The lowest BCUT2D eigenvalue weighted by atomic mass is 10.4. The van der Waals surface area contributed by atoms with Crippen molar-refractivity contribution in [2.75, 3.05) is 6.67 Å². The lowest BCUT2D eigenvalue weighted by Gasteiger charge is -1.76. The summed E-state index contributed by atoms with van der Waals surface area (Å²) in [7, 11) is 0. The van der Waals surface area contributed by atoms with Crippen molar-refractivity contribution in [2.24, 2.45) is 0 Å². The quantitative estimate of drug-likeness (QED) is 0.507. The van der Waals surface area contributed by atoms with Gasteiger partial charge in [0.05, 0.1) is 6.67 Å². The monoisotopic (exact) mass is 106 g/mol. The Morgan fingerprint density at radius 1 is 1.29 bits per heavy atom. The molecule has 0 aromatic heterocycles. The van der Waals surface area contributed by atoms with Gasteiger partial charge in [-0.15, -0.1) is 0 Å². The summed E-state index contributed by atoms with van der Waals surface area (Å²) in [6.45, 7) is 5.82. The van der Waals surface area contributed by atoms with Gasteiger partial charge in [0.25, 0.3) is 0 Å². The van der Waals surface area contributed by atoms with E-state index in [4.69, 9.17) is 0 Å². The first kappa shape index (κ1) is 10.0. The van der Waals surface area contributed by atoms with E-state index in [0.29, 0.717) is 0 Å². The molecule has 0 aromatic rings. The maximum atomic E-state index is 11.0. The molecule has 0 aliphatic rings. The summed E-state index contributed by atoms with van der Waals surface area (Å²) in [4.78, 5) is 0. The van der Waals surface area contributed by atoms with E-state index in [1.54, 1.807) is 0 Å². The zero-order valence-electron chi connectivity index (χ0n) is 5.50. The van der Waals surface area contributed by atoms with Crippen LogP contribution in [-0.2, 0) is 0 Å². The van der Waals surface area contributed by atoms with Gasteiger partial charge in [0.15, 0.2) is 0 Å². The van der Waals surface area contributed by atoms with Crippen LogP contribution in [0.3, 0.4) is 0 Å². The molecule has 0 saturated carbocycles. The van der Waals surface area contributed by atoms with Gasteiger partial charge in [0.2, 0.25) is 0 Å². The molecule has 0 heterocycles. The van der Waals surface area contributed by atoms with Gasteiger partial charge >= 0.3 is 0 Å². The van der Waals surface area contributed by atoms with Gasteiger partial charge in [-0.1, -0.05) is 27.2 Å². The Labute approximate surface area is 45.7 Å². The maximum Gasteiger partial charge on any atom is 0.0894 e. The molecule has 0 spiro atoms. The minimum atomic E-state index is -0.156. The van der Waals surface area contributed by atoms with E-state index in [-0.39, 0.29) is 6.67 Å².